The summed E-state index contributed by atoms with van der Waals surface area (Å²) in [5.41, 5.74) is 2.20. The van der Waals surface area contributed by atoms with E-state index in [4.69, 9.17) is 0 Å². The molecule has 0 aliphatic carbocycles. The van der Waals surface area contributed by atoms with Crippen molar-refractivity contribution in [1.29, 1.82) is 0 Å². The summed E-state index contributed by atoms with van der Waals surface area (Å²) in [7, 11) is 0. The van der Waals surface area contributed by atoms with Gasteiger partial charge < -0.3 is 10.6 Å². The van der Waals surface area contributed by atoms with Gasteiger partial charge in [0, 0.05) is 24.3 Å². The van der Waals surface area contributed by atoms with Crippen LogP contribution in [0.3, 0.4) is 0 Å². The molecule has 2 amide bonds. The maximum Gasteiger partial charge on any atom is 0.254 e. The first-order valence-corrected chi connectivity index (χ1v) is 6.73. The van der Waals surface area contributed by atoms with Crippen molar-refractivity contribution < 1.29 is 9.59 Å². The van der Waals surface area contributed by atoms with E-state index in [1.165, 1.54) is 6.20 Å². The Morgan fingerprint density at radius 1 is 1.24 bits per heavy atom. The van der Waals surface area contributed by atoms with Crippen LogP contribution in [0.5, 0.6) is 0 Å². The molecule has 0 unspecified atom stereocenters. The molecule has 6 heteroatoms. The van der Waals surface area contributed by atoms with Gasteiger partial charge in [0.25, 0.3) is 5.91 Å². The molecule has 1 aromatic heterocycles. The third-order valence-electron chi connectivity index (χ3n) is 2.96. The van der Waals surface area contributed by atoms with Crippen molar-refractivity contribution >= 4 is 17.5 Å². The van der Waals surface area contributed by atoms with Gasteiger partial charge in [-0.25, -0.2) is 0 Å². The van der Waals surface area contributed by atoms with Gasteiger partial charge in [0.2, 0.25) is 5.91 Å². The minimum atomic E-state index is -0.180. The molecular weight excluding hydrogens is 268 g/mol. The number of anilines is 1. The molecule has 2 rings (SSSR count). The van der Waals surface area contributed by atoms with Crippen LogP contribution in [0.1, 0.15) is 29.8 Å². The highest BCUT2D eigenvalue weighted by Gasteiger charge is 2.08. The van der Waals surface area contributed by atoms with Crippen LogP contribution in [-0.2, 0) is 11.3 Å². The molecule has 2 aromatic rings. The Balaban J connectivity index is 1.88. The van der Waals surface area contributed by atoms with Gasteiger partial charge in [0.05, 0.1) is 11.8 Å². The number of hydrogen-bond acceptors (Lipinski definition) is 3. The number of amides is 2. The molecule has 1 aromatic carbocycles. The highest BCUT2D eigenvalue weighted by atomic mass is 16.2. The van der Waals surface area contributed by atoms with Gasteiger partial charge in [-0.05, 0) is 17.7 Å². The molecule has 0 fully saturated rings. The molecule has 0 saturated heterocycles. The quantitative estimate of drug-likeness (QED) is 0.785. The second-order valence-corrected chi connectivity index (χ2v) is 5.01. The van der Waals surface area contributed by atoms with Crippen LogP contribution in [0.15, 0.2) is 36.7 Å². The Hall–Kier alpha value is -2.63. The van der Waals surface area contributed by atoms with Crippen molar-refractivity contribution in [2.75, 3.05) is 5.32 Å². The second-order valence-electron chi connectivity index (χ2n) is 5.01. The first-order chi connectivity index (χ1) is 10.1. The normalized spacial score (nSPS) is 10.4. The zero-order valence-corrected chi connectivity index (χ0v) is 12.0. The van der Waals surface area contributed by atoms with Gasteiger partial charge in [-0.3, -0.25) is 14.7 Å². The fraction of sp³-hybridized carbons (Fsp3) is 0.267. The van der Waals surface area contributed by atoms with Gasteiger partial charge >= 0.3 is 0 Å². The maximum absolute atomic E-state index is 11.7. The topological polar surface area (TPSA) is 86.9 Å². The van der Waals surface area contributed by atoms with Crippen LogP contribution in [0.2, 0.25) is 0 Å². The molecule has 1 heterocycles. The molecule has 0 radical (unpaired) electrons. The van der Waals surface area contributed by atoms with Crippen LogP contribution in [-0.4, -0.2) is 22.0 Å². The molecular formula is C15H18N4O2. The van der Waals surface area contributed by atoms with E-state index in [1.54, 1.807) is 6.20 Å². The van der Waals surface area contributed by atoms with Crippen LogP contribution in [0.4, 0.5) is 5.69 Å². The van der Waals surface area contributed by atoms with E-state index in [-0.39, 0.29) is 17.7 Å². The summed E-state index contributed by atoms with van der Waals surface area (Å²) in [4.78, 5) is 23.3. The highest BCUT2D eigenvalue weighted by Crippen LogP contribution is 2.11. The number of aromatic nitrogens is 2. The standard InChI is InChI=1S/C15H18N4O2/c1-10(2)14(20)19-13-5-3-11(4-6-13)7-16-15(21)12-8-17-18-9-12/h3-6,8-10H,7H2,1-2H3,(H,16,21)(H,17,18)(H,19,20). The van der Waals surface area contributed by atoms with E-state index >= 15 is 0 Å². The van der Waals surface area contributed by atoms with Crippen molar-refractivity contribution in [2.24, 2.45) is 5.92 Å². The molecule has 0 saturated carbocycles. The van der Waals surface area contributed by atoms with Crippen LogP contribution >= 0.6 is 0 Å². The molecule has 0 aliphatic heterocycles. The smallest absolute Gasteiger partial charge is 0.254 e. The van der Waals surface area contributed by atoms with Crippen molar-refractivity contribution in [3.05, 3.63) is 47.8 Å². The Morgan fingerprint density at radius 3 is 2.52 bits per heavy atom. The predicted octanol–water partition coefficient (Wildman–Crippen LogP) is 1.93. The Labute approximate surface area is 122 Å². The number of benzene rings is 1. The van der Waals surface area contributed by atoms with Crippen LogP contribution < -0.4 is 10.6 Å². The summed E-state index contributed by atoms with van der Waals surface area (Å²) in [6.07, 6.45) is 3.01. The third kappa shape index (κ3) is 4.17. The first kappa shape index (κ1) is 14.8. The fourth-order valence-corrected chi connectivity index (χ4v) is 1.65. The van der Waals surface area contributed by atoms with Gasteiger partial charge in [-0.15, -0.1) is 0 Å². The van der Waals surface area contributed by atoms with E-state index < -0.39 is 0 Å². The SMILES string of the molecule is CC(C)C(=O)Nc1ccc(CNC(=O)c2cn[nH]c2)cc1. The number of hydrogen-bond donors (Lipinski definition) is 3. The fourth-order valence-electron chi connectivity index (χ4n) is 1.65. The lowest BCUT2D eigenvalue weighted by Crippen LogP contribution is -2.22. The lowest BCUT2D eigenvalue weighted by Gasteiger charge is -2.09. The Kier molecular flexibility index (Phi) is 4.71. The summed E-state index contributed by atoms with van der Waals surface area (Å²) in [6.45, 7) is 4.10. The lowest BCUT2D eigenvalue weighted by atomic mass is 10.1. The van der Waals surface area contributed by atoms with Crippen molar-refractivity contribution in [3.8, 4) is 0 Å². The maximum atomic E-state index is 11.7. The molecule has 6 nitrogen and oxygen atoms in total. The number of nitrogens with zero attached hydrogens (tertiary/aromatic N) is 1. The average Bonchev–Trinajstić information content (AvgIpc) is 3.00. The Morgan fingerprint density at radius 2 is 1.95 bits per heavy atom. The largest absolute Gasteiger partial charge is 0.348 e. The third-order valence-corrected chi connectivity index (χ3v) is 2.96. The number of nitrogens with one attached hydrogen (secondary N) is 3. The first-order valence-electron chi connectivity index (χ1n) is 6.73. The van der Waals surface area contributed by atoms with Crippen LogP contribution in [0.25, 0.3) is 0 Å². The zero-order valence-electron chi connectivity index (χ0n) is 12.0. The molecule has 110 valence electrons. The molecule has 0 aliphatic rings. The Bertz CT molecular complexity index is 603. The van der Waals surface area contributed by atoms with Gasteiger partial charge in [0.1, 0.15) is 0 Å². The average molecular weight is 286 g/mol. The van der Waals surface area contributed by atoms with Crippen molar-refractivity contribution in [3.63, 3.8) is 0 Å². The molecule has 0 atom stereocenters. The van der Waals surface area contributed by atoms with Crippen LogP contribution in [0, 0.1) is 5.92 Å². The minimum Gasteiger partial charge on any atom is -0.348 e. The molecule has 0 bridgehead atoms. The predicted molar refractivity (Wildman–Crippen MR) is 79.7 cm³/mol. The summed E-state index contributed by atoms with van der Waals surface area (Å²) < 4.78 is 0. The van der Waals surface area contributed by atoms with E-state index in [1.807, 2.05) is 38.1 Å². The minimum absolute atomic E-state index is 0.0176. The monoisotopic (exact) mass is 286 g/mol. The number of carbonyl (C=O) groups is 2. The zero-order chi connectivity index (χ0) is 15.2. The number of H-pyrrole nitrogens is 1. The molecule has 0 spiro atoms. The number of rotatable bonds is 5. The van der Waals surface area contributed by atoms with E-state index in [0.717, 1.165) is 11.3 Å². The van der Waals surface area contributed by atoms with Crippen molar-refractivity contribution in [2.45, 2.75) is 20.4 Å². The second kappa shape index (κ2) is 6.69. The van der Waals surface area contributed by atoms with E-state index in [2.05, 4.69) is 20.8 Å². The lowest BCUT2D eigenvalue weighted by molar-refractivity contribution is -0.118. The number of aromatic amines is 1. The molecule has 21 heavy (non-hydrogen) atoms. The summed E-state index contributed by atoms with van der Waals surface area (Å²) in [6, 6.07) is 7.37. The summed E-state index contributed by atoms with van der Waals surface area (Å²) >= 11 is 0. The summed E-state index contributed by atoms with van der Waals surface area (Å²) in [5.74, 6) is -0.254. The van der Waals surface area contributed by atoms with Gasteiger partial charge in [0.15, 0.2) is 0 Å². The van der Waals surface area contributed by atoms with E-state index in [0.29, 0.717) is 12.1 Å². The van der Waals surface area contributed by atoms with Crippen molar-refractivity contribution in [1.82, 2.24) is 15.5 Å². The summed E-state index contributed by atoms with van der Waals surface area (Å²) in [5, 5.41) is 11.9. The molecule has 3 N–H and O–H groups in total. The van der Waals surface area contributed by atoms with E-state index in [9.17, 15) is 9.59 Å². The number of carbonyl (C=O) groups excluding carboxylic acids is 2. The van der Waals surface area contributed by atoms with Gasteiger partial charge in [-0.1, -0.05) is 26.0 Å². The van der Waals surface area contributed by atoms with Gasteiger partial charge in [-0.2, -0.15) is 5.10 Å². The highest BCUT2D eigenvalue weighted by molar-refractivity contribution is 5.93.